The third-order valence-electron chi connectivity index (χ3n) is 1.75. The van der Waals surface area contributed by atoms with Crippen molar-refractivity contribution in [2.45, 2.75) is 13.8 Å². The van der Waals surface area contributed by atoms with Gasteiger partial charge < -0.3 is 15.7 Å². The van der Waals surface area contributed by atoms with Gasteiger partial charge in [0.1, 0.15) is 0 Å². The van der Waals surface area contributed by atoms with Crippen molar-refractivity contribution in [2.75, 3.05) is 25.6 Å². The van der Waals surface area contributed by atoms with Crippen molar-refractivity contribution in [3.63, 3.8) is 0 Å². The molecule has 0 radical (unpaired) electrons. The summed E-state index contributed by atoms with van der Waals surface area (Å²) in [5.74, 6) is 5.43. The Bertz CT molecular complexity index is 279. The first-order chi connectivity index (χ1) is 7.63. The first kappa shape index (κ1) is 15.1. The zero-order chi connectivity index (χ0) is 12.4. The number of aliphatic hydroxyl groups is 1. The average Bonchev–Trinajstić information content (AvgIpc) is 2.27. The Hall–Kier alpha value is -0.920. The quantitative estimate of drug-likeness (QED) is 0.229. The van der Waals surface area contributed by atoms with Crippen LogP contribution in [0.2, 0.25) is 0 Å². The lowest BCUT2D eigenvalue weighted by atomic mass is 10.3. The van der Waals surface area contributed by atoms with Crippen LogP contribution < -0.4 is 5.84 Å². The van der Waals surface area contributed by atoms with Crippen LogP contribution in [0.15, 0.2) is 21.6 Å². The van der Waals surface area contributed by atoms with E-state index >= 15 is 0 Å². The maximum absolute atomic E-state index is 11.5. The summed E-state index contributed by atoms with van der Waals surface area (Å²) in [6.07, 6.45) is 0. The second-order valence-electron chi connectivity index (χ2n) is 2.90. The van der Waals surface area contributed by atoms with Gasteiger partial charge >= 0.3 is 0 Å². The molecule has 0 atom stereocenters. The van der Waals surface area contributed by atoms with Crippen LogP contribution in [0, 0.1) is 0 Å². The van der Waals surface area contributed by atoms with E-state index in [-0.39, 0.29) is 11.7 Å². The summed E-state index contributed by atoms with van der Waals surface area (Å²) < 4.78 is 5.02. The molecule has 0 amide bonds. The molecule has 0 fully saturated rings. The lowest BCUT2D eigenvalue weighted by molar-refractivity contribution is -0.107. The summed E-state index contributed by atoms with van der Waals surface area (Å²) in [6, 6.07) is 0. The highest BCUT2D eigenvalue weighted by molar-refractivity contribution is 8.14. The van der Waals surface area contributed by atoms with Crippen LogP contribution in [0.5, 0.6) is 0 Å². The predicted octanol–water partition coefficient (Wildman–Crippen LogP) is 0.875. The van der Waals surface area contributed by atoms with Crippen molar-refractivity contribution < 1.29 is 14.6 Å². The molecule has 6 nitrogen and oxygen atoms in total. The van der Waals surface area contributed by atoms with Gasteiger partial charge in [-0.3, -0.25) is 4.79 Å². The summed E-state index contributed by atoms with van der Waals surface area (Å²) in [6.45, 7) is 4.07. The van der Waals surface area contributed by atoms with E-state index in [4.69, 9.17) is 15.7 Å². The molecule has 0 spiro atoms. The van der Waals surface area contributed by atoms with Crippen molar-refractivity contribution in [3.8, 4) is 0 Å². The SMILES string of the molecule is C/C(N=NN)=C(/C)C(=O)SCCOCCO. The molecule has 0 rings (SSSR count). The smallest absolute Gasteiger partial charge is 0.217 e. The van der Waals surface area contributed by atoms with Crippen LogP contribution in [0.1, 0.15) is 13.8 Å². The second kappa shape index (κ2) is 9.32. The van der Waals surface area contributed by atoms with E-state index < -0.39 is 0 Å². The Kier molecular flexibility index (Phi) is 8.78. The van der Waals surface area contributed by atoms with Gasteiger partial charge in [-0.15, -0.1) is 5.11 Å². The van der Waals surface area contributed by atoms with Crippen molar-refractivity contribution in [2.24, 2.45) is 16.2 Å². The summed E-state index contributed by atoms with van der Waals surface area (Å²) in [4.78, 5) is 11.5. The molecular formula is C9H17N3O3S. The first-order valence-electron chi connectivity index (χ1n) is 4.77. The molecule has 0 saturated carbocycles. The topological polar surface area (TPSA) is 97.3 Å². The predicted molar refractivity (Wildman–Crippen MR) is 62.8 cm³/mol. The van der Waals surface area contributed by atoms with Crippen LogP contribution in [0.3, 0.4) is 0 Å². The maximum atomic E-state index is 11.5. The zero-order valence-electron chi connectivity index (χ0n) is 9.47. The van der Waals surface area contributed by atoms with E-state index in [9.17, 15) is 4.79 Å². The highest BCUT2D eigenvalue weighted by Gasteiger charge is 2.08. The van der Waals surface area contributed by atoms with Gasteiger partial charge in [0, 0.05) is 11.3 Å². The number of nitrogens with zero attached hydrogens (tertiary/aromatic N) is 2. The molecule has 0 saturated heterocycles. The van der Waals surface area contributed by atoms with E-state index in [0.29, 0.717) is 30.2 Å². The second-order valence-corrected chi connectivity index (χ2v) is 3.97. The van der Waals surface area contributed by atoms with Crippen LogP contribution in [-0.2, 0) is 9.53 Å². The summed E-state index contributed by atoms with van der Waals surface area (Å²) in [7, 11) is 0. The third-order valence-corrected chi connectivity index (χ3v) is 2.69. The molecular weight excluding hydrogens is 230 g/mol. The number of carbonyl (C=O) groups is 1. The highest BCUT2D eigenvalue weighted by Crippen LogP contribution is 2.14. The zero-order valence-corrected chi connectivity index (χ0v) is 10.3. The summed E-state index contributed by atoms with van der Waals surface area (Å²) in [5.41, 5.74) is 1.04. The monoisotopic (exact) mass is 247 g/mol. The fourth-order valence-electron chi connectivity index (χ4n) is 0.777. The van der Waals surface area contributed by atoms with Crippen LogP contribution in [0.25, 0.3) is 0 Å². The Labute approximate surface area is 98.9 Å². The first-order valence-corrected chi connectivity index (χ1v) is 5.76. The molecule has 0 aromatic rings. The van der Waals surface area contributed by atoms with Crippen LogP contribution in [0.4, 0.5) is 0 Å². The van der Waals surface area contributed by atoms with Crippen molar-refractivity contribution in [1.82, 2.24) is 0 Å². The fourth-order valence-corrected chi connectivity index (χ4v) is 1.53. The number of nitrogens with two attached hydrogens (primary N) is 1. The number of aliphatic hydroxyl groups excluding tert-OH is 1. The molecule has 0 aliphatic carbocycles. The van der Waals surface area contributed by atoms with Crippen molar-refractivity contribution in [1.29, 1.82) is 0 Å². The maximum Gasteiger partial charge on any atom is 0.217 e. The van der Waals surface area contributed by atoms with Crippen LogP contribution in [-0.4, -0.2) is 35.8 Å². The number of carbonyl (C=O) groups excluding carboxylic acids is 1. The molecule has 0 aromatic heterocycles. The Morgan fingerprint density at radius 3 is 2.69 bits per heavy atom. The number of hydrogen-bond donors (Lipinski definition) is 2. The lowest BCUT2D eigenvalue weighted by Crippen LogP contribution is -2.05. The van der Waals surface area contributed by atoms with Crippen LogP contribution >= 0.6 is 11.8 Å². The molecule has 0 unspecified atom stereocenters. The van der Waals surface area contributed by atoms with Gasteiger partial charge in [0.05, 0.1) is 25.5 Å². The Balaban J connectivity index is 3.93. The molecule has 0 aliphatic heterocycles. The fraction of sp³-hybridized carbons (Fsp3) is 0.667. The molecule has 16 heavy (non-hydrogen) atoms. The highest BCUT2D eigenvalue weighted by atomic mass is 32.2. The molecule has 0 heterocycles. The average molecular weight is 247 g/mol. The minimum Gasteiger partial charge on any atom is -0.394 e. The molecule has 0 aliphatic rings. The van der Waals surface area contributed by atoms with E-state index in [1.807, 2.05) is 0 Å². The minimum absolute atomic E-state index is 0.00641. The standard InChI is InChI=1S/C9H17N3O3S/c1-7(8(2)11-12-10)9(14)16-6-5-15-4-3-13/h13H,3-6H2,1-2H3,(H2,10,11)/b8-7+. The number of allylic oxidation sites excluding steroid dienone is 1. The summed E-state index contributed by atoms with van der Waals surface area (Å²) in [5, 5.41) is 15.1. The minimum atomic E-state index is -0.0718. The Morgan fingerprint density at radius 2 is 2.12 bits per heavy atom. The van der Waals surface area contributed by atoms with Gasteiger partial charge in [-0.1, -0.05) is 17.0 Å². The largest absolute Gasteiger partial charge is 0.394 e. The molecule has 0 bridgehead atoms. The number of rotatable bonds is 7. The van der Waals surface area contributed by atoms with E-state index in [1.165, 1.54) is 0 Å². The Morgan fingerprint density at radius 1 is 1.44 bits per heavy atom. The van der Waals surface area contributed by atoms with E-state index in [2.05, 4.69) is 10.3 Å². The third kappa shape index (κ3) is 6.54. The van der Waals surface area contributed by atoms with E-state index in [0.717, 1.165) is 11.8 Å². The van der Waals surface area contributed by atoms with Gasteiger partial charge in [-0.2, -0.15) is 0 Å². The van der Waals surface area contributed by atoms with Gasteiger partial charge in [0.15, 0.2) is 0 Å². The van der Waals surface area contributed by atoms with E-state index in [1.54, 1.807) is 13.8 Å². The lowest BCUT2D eigenvalue weighted by Gasteiger charge is -2.03. The normalized spacial score (nSPS) is 12.9. The van der Waals surface area contributed by atoms with Gasteiger partial charge in [0.2, 0.25) is 5.12 Å². The van der Waals surface area contributed by atoms with Gasteiger partial charge in [-0.25, -0.2) is 0 Å². The summed E-state index contributed by atoms with van der Waals surface area (Å²) >= 11 is 1.14. The number of hydrogen-bond acceptors (Lipinski definition) is 6. The van der Waals surface area contributed by atoms with Gasteiger partial charge in [0.25, 0.3) is 0 Å². The molecule has 7 heteroatoms. The molecule has 3 N–H and O–H groups in total. The van der Waals surface area contributed by atoms with Gasteiger partial charge in [-0.05, 0) is 13.8 Å². The molecule has 92 valence electrons. The number of thioether (sulfide) groups is 1. The number of ether oxygens (including phenoxy) is 1. The van der Waals surface area contributed by atoms with Crippen molar-refractivity contribution in [3.05, 3.63) is 11.3 Å². The van der Waals surface area contributed by atoms with Crippen molar-refractivity contribution >= 4 is 16.9 Å². The molecule has 0 aromatic carbocycles.